The number of carbonyl (C=O) groups excluding carboxylic acids is 2. The number of likely N-dealkylation sites (tertiary alicyclic amines) is 3. The molecule has 1 aromatic heterocycles. The van der Waals surface area contributed by atoms with Crippen molar-refractivity contribution in [2.45, 2.75) is 32.1 Å². The first-order chi connectivity index (χ1) is 13.6. The molecule has 0 saturated carbocycles. The van der Waals surface area contributed by atoms with Crippen molar-refractivity contribution >= 4 is 11.8 Å². The average Bonchev–Trinajstić information content (AvgIpc) is 3.24. The van der Waals surface area contributed by atoms with Crippen LogP contribution in [0.15, 0.2) is 24.5 Å². The van der Waals surface area contributed by atoms with E-state index in [1.54, 1.807) is 24.5 Å². The molecular formula is C22H32N4O2. The number of hydrogen-bond acceptors (Lipinski definition) is 4. The average molecular weight is 385 g/mol. The maximum Gasteiger partial charge on any atom is 0.253 e. The second kappa shape index (κ2) is 8.60. The molecule has 1 aromatic rings. The van der Waals surface area contributed by atoms with Gasteiger partial charge in [0.2, 0.25) is 5.91 Å². The molecule has 4 rings (SSSR count). The molecule has 3 fully saturated rings. The van der Waals surface area contributed by atoms with E-state index in [0.717, 1.165) is 44.8 Å². The predicted molar refractivity (Wildman–Crippen MR) is 108 cm³/mol. The zero-order valence-corrected chi connectivity index (χ0v) is 16.9. The minimum Gasteiger partial charge on any atom is -0.342 e. The highest BCUT2D eigenvalue weighted by Crippen LogP contribution is 2.33. The molecule has 0 radical (unpaired) electrons. The largest absolute Gasteiger partial charge is 0.342 e. The molecule has 0 bridgehead atoms. The number of carbonyl (C=O) groups is 2. The fourth-order valence-corrected chi connectivity index (χ4v) is 5.17. The van der Waals surface area contributed by atoms with Crippen LogP contribution in [-0.2, 0) is 4.79 Å². The van der Waals surface area contributed by atoms with Crippen LogP contribution in [0.4, 0.5) is 0 Å². The van der Waals surface area contributed by atoms with Gasteiger partial charge >= 0.3 is 0 Å². The molecule has 2 atom stereocenters. The van der Waals surface area contributed by atoms with Crippen molar-refractivity contribution in [3.05, 3.63) is 30.1 Å². The van der Waals surface area contributed by atoms with E-state index in [0.29, 0.717) is 18.0 Å². The van der Waals surface area contributed by atoms with Crippen LogP contribution >= 0.6 is 0 Å². The van der Waals surface area contributed by atoms with E-state index < -0.39 is 0 Å². The second-order valence-corrected chi connectivity index (χ2v) is 8.80. The third kappa shape index (κ3) is 4.22. The summed E-state index contributed by atoms with van der Waals surface area (Å²) in [6.07, 6.45) is 8.77. The van der Waals surface area contributed by atoms with Gasteiger partial charge in [0, 0.05) is 44.1 Å². The maximum absolute atomic E-state index is 13.2. The number of rotatable bonds is 3. The molecular weight excluding hydrogens is 352 g/mol. The summed E-state index contributed by atoms with van der Waals surface area (Å²) in [5, 5.41) is 0. The van der Waals surface area contributed by atoms with Crippen molar-refractivity contribution in [2.24, 2.45) is 17.8 Å². The number of hydrogen-bond donors (Lipinski definition) is 0. The van der Waals surface area contributed by atoms with Crippen LogP contribution in [-0.4, -0.2) is 77.8 Å². The highest BCUT2D eigenvalue weighted by molar-refractivity contribution is 5.94. The SMILES string of the molecule is CN1CCC(C2CCN(C(=O)C3CCCN(C(=O)c4ccncc4)C3)C2)CC1. The molecule has 0 N–H and O–H groups in total. The zero-order valence-electron chi connectivity index (χ0n) is 16.9. The van der Waals surface area contributed by atoms with Crippen molar-refractivity contribution in [3.8, 4) is 0 Å². The van der Waals surface area contributed by atoms with Crippen LogP contribution in [0.3, 0.4) is 0 Å². The molecule has 4 heterocycles. The molecule has 6 nitrogen and oxygen atoms in total. The van der Waals surface area contributed by atoms with Gasteiger partial charge in [-0.3, -0.25) is 14.6 Å². The van der Waals surface area contributed by atoms with Crippen molar-refractivity contribution in [2.75, 3.05) is 46.3 Å². The van der Waals surface area contributed by atoms with Gasteiger partial charge in [-0.25, -0.2) is 0 Å². The van der Waals surface area contributed by atoms with Gasteiger partial charge in [0.25, 0.3) is 5.91 Å². The third-order valence-corrected chi connectivity index (χ3v) is 6.95. The first kappa shape index (κ1) is 19.4. The van der Waals surface area contributed by atoms with E-state index in [4.69, 9.17) is 0 Å². The lowest BCUT2D eigenvalue weighted by Crippen LogP contribution is -2.46. The van der Waals surface area contributed by atoms with Crippen molar-refractivity contribution < 1.29 is 9.59 Å². The Bertz CT molecular complexity index is 687. The normalized spacial score (nSPS) is 27.2. The third-order valence-electron chi connectivity index (χ3n) is 6.95. The smallest absolute Gasteiger partial charge is 0.253 e. The molecule has 2 unspecified atom stereocenters. The topological polar surface area (TPSA) is 56.8 Å². The Balaban J connectivity index is 1.33. The number of amides is 2. The number of nitrogens with zero attached hydrogens (tertiary/aromatic N) is 4. The molecule has 0 aliphatic carbocycles. The fraction of sp³-hybridized carbons (Fsp3) is 0.682. The van der Waals surface area contributed by atoms with Crippen molar-refractivity contribution in [1.29, 1.82) is 0 Å². The van der Waals surface area contributed by atoms with Crippen LogP contribution in [0.1, 0.15) is 42.5 Å². The molecule has 2 amide bonds. The van der Waals surface area contributed by atoms with Crippen LogP contribution in [0.2, 0.25) is 0 Å². The van der Waals surface area contributed by atoms with E-state index in [9.17, 15) is 9.59 Å². The van der Waals surface area contributed by atoms with Gasteiger partial charge in [0.05, 0.1) is 5.92 Å². The molecule has 3 aliphatic heterocycles. The van der Waals surface area contributed by atoms with Gasteiger partial charge < -0.3 is 14.7 Å². The quantitative estimate of drug-likeness (QED) is 0.801. The van der Waals surface area contributed by atoms with E-state index in [-0.39, 0.29) is 17.7 Å². The van der Waals surface area contributed by atoms with Crippen LogP contribution < -0.4 is 0 Å². The molecule has 28 heavy (non-hydrogen) atoms. The Morgan fingerprint density at radius 1 is 0.893 bits per heavy atom. The number of aromatic nitrogens is 1. The maximum atomic E-state index is 13.2. The Morgan fingerprint density at radius 2 is 1.61 bits per heavy atom. The summed E-state index contributed by atoms with van der Waals surface area (Å²) in [6.45, 7) is 5.47. The lowest BCUT2D eigenvalue weighted by Gasteiger charge is -2.35. The lowest BCUT2D eigenvalue weighted by atomic mass is 9.84. The minimum atomic E-state index is -0.0456. The van der Waals surface area contributed by atoms with Gasteiger partial charge in [-0.2, -0.15) is 0 Å². The summed E-state index contributed by atoms with van der Waals surface area (Å²) in [7, 11) is 2.20. The van der Waals surface area contributed by atoms with Crippen molar-refractivity contribution in [3.63, 3.8) is 0 Å². The number of piperidine rings is 2. The molecule has 6 heteroatoms. The van der Waals surface area contributed by atoms with Crippen LogP contribution in [0.25, 0.3) is 0 Å². The van der Waals surface area contributed by atoms with E-state index in [1.807, 2.05) is 4.90 Å². The Hall–Kier alpha value is -1.95. The van der Waals surface area contributed by atoms with Gasteiger partial charge in [-0.1, -0.05) is 0 Å². The molecule has 3 aliphatic rings. The highest BCUT2D eigenvalue weighted by atomic mass is 16.2. The highest BCUT2D eigenvalue weighted by Gasteiger charge is 2.37. The summed E-state index contributed by atoms with van der Waals surface area (Å²) in [5.41, 5.74) is 0.659. The minimum absolute atomic E-state index is 0.0190. The van der Waals surface area contributed by atoms with E-state index in [2.05, 4.69) is 21.8 Å². The number of pyridine rings is 1. The second-order valence-electron chi connectivity index (χ2n) is 8.80. The van der Waals surface area contributed by atoms with E-state index in [1.165, 1.54) is 25.9 Å². The molecule has 0 aromatic carbocycles. The predicted octanol–water partition coefficient (Wildman–Crippen LogP) is 2.12. The summed E-state index contributed by atoms with van der Waals surface area (Å²) in [4.78, 5) is 36.2. The summed E-state index contributed by atoms with van der Waals surface area (Å²) < 4.78 is 0. The van der Waals surface area contributed by atoms with Crippen molar-refractivity contribution in [1.82, 2.24) is 19.7 Å². The van der Waals surface area contributed by atoms with Crippen LogP contribution in [0.5, 0.6) is 0 Å². The first-order valence-electron chi connectivity index (χ1n) is 10.8. The molecule has 0 spiro atoms. The van der Waals surface area contributed by atoms with Gasteiger partial charge in [0.15, 0.2) is 0 Å². The first-order valence-corrected chi connectivity index (χ1v) is 10.8. The zero-order chi connectivity index (χ0) is 19.5. The van der Waals surface area contributed by atoms with Gasteiger partial charge in [-0.15, -0.1) is 0 Å². The monoisotopic (exact) mass is 384 g/mol. The Morgan fingerprint density at radius 3 is 2.36 bits per heavy atom. The lowest BCUT2D eigenvalue weighted by molar-refractivity contribution is -0.136. The Labute approximate surface area is 167 Å². The van der Waals surface area contributed by atoms with E-state index >= 15 is 0 Å². The summed E-state index contributed by atoms with van der Waals surface area (Å²) in [5.74, 6) is 1.67. The Kier molecular flexibility index (Phi) is 5.95. The standard InChI is InChI=1S/C22H32N4O2/c1-24-12-6-17(7-13-24)19-8-14-26(15-19)22(28)20-3-2-11-25(16-20)21(27)18-4-9-23-10-5-18/h4-5,9-10,17,19-20H,2-3,6-8,11-16H2,1H3. The molecule has 3 saturated heterocycles. The van der Waals surface area contributed by atoms with Crippen LogP contribution in [0, 0.1) is 17.8 Å². The summed E-state index contributed by atoms with van der Waals surface area (Å²) >= 11 is 0. The van der Waals surface area contributed by atoms with Gasteiger partial charge in [0.1, 0.15) is 0 Å². The fourth-order valence-electron chi connectivity index (χ4n) is 5.17. The molecule has 152 valence electrons. The van der Waals surface area contributed by atoms with Gasteiger partial charge in [-0.05, 0) is 76.2 Å². The summed E-state index contributed by atoms with van der Waals surface area (Å²) in [6, 6.07) is 3.50.